The van der Waals surface area contributed by atoms with Gasteiger partial charge in [-0.3, -0.25) is 9.59 Å². The molecule has 0 saturated carbocycles. The summed E-state index contributed by atoms with van der Waals surface area (Å²) in [5.74, 6) is -0.945. The number of likely N-dealkylation sites (tertiary alicyclic amines) is 1. The third-order valence-electron chi connectivity index (χ3n) is 3.06. The number of hydrogen-bond donors (Lipinski definition) is 1. The summed E-state index contributed by atoms with van der Waals surface area (Å²) in [5, 5.41) is 16.2. The number of amides is 1. The minimum Gasteiger partial charge on any atom is -0.481 e. The van der Waals surface area contributed by atoms with Crippen LogP contribution in [0.5, 0.6) is 0 Å². The number of rotatable bonds is 4. The smallest absolute Gasteiger partial charge is 0.309 e. The predicted octanol–water partition coefficient (Wildman–Crippen LogP) is 0.0886. The van der Waals surface area contributed by atoms with Crippen molar-refractivity contribution in [2.45, 2.75) is 32.2 Å². The van der Waals surface area contributed by atoms with Crippen molar-refractivity contribution in [3.05, 3.63) is 11.9 Å². The number of hydrogen-bond acceptors (Lipinski definition) is 4. The van der Waals surface area contributed by atoms with Gasteiger partial charge in [-0.15, -0.1) is 5.10 Å². The lowest BCUT2D eigenvalue weighted by Crippen LogP contribution is -2.34. The molecule has 1 aliphatic heterocycles. The molecule has 1 unspecified atom stereocenters. The highest BCUT2D eigenvalue weighted by molar-refractivity contribution is 5.80. The van der Waals surface area contributed by atoms with Gasteiger partial charge in [-0.25, -0.2) is 4.68 Å². The van der Waals surface area contributed by atoms with E-state index in [1.165, 1.54) is 10.9 Å². The Morgan fingerprint density at radius 3 is 2.72 bits per heavy atom. The predicted molar refractivity (Wildman–Crippen MR) is 61.9 cm³/mol. The van der Waals surface area contributed by atoms with Crippen LogP contribution in [-0.4, -0.2) is 50.0 Å². The fourth-order valence-electron chi connectivity index (χ4n) is 2.05. The molecule has 1 saturated heterocycles. The molecule has 2 heterocycles. The van der Waals surface area contributed by atoms with E-state index in [1.807, 2.05) is 4.90 Å². The Morgan fingerprint density at radius 2 is 2.11 bits per heavy atom. The number of carbonyl (C=O) groups is 2. The molecule has 0 radical (unpaired) electrons. The van der Waals surface area contributed by atoms with E-state index in [1.54, 1.807) is 6.92 Å². The van der Waals surface area contributed by atoms with E-state index in [2.05, 4.69) is 10.3 Å². The molecule has 18 heavy (non-hydrogen) atoms. The summed E-state index contributed by atoms with van der Waals surface area (Å²) in [7, 11) is 0. The summed E-state index contributed by atoms with van der Waals surface area (Å²) in [5.41, 5.74) is 0.364. The van der Waals surface area contributed by atoms with E-state index < -0.39 is 12.0 Å². The van der Waals surface area contributed by atoms with E-state index >= 15 is 0 Å². The molecule has 0 aliphatic carbocycles. The van der Waals surface area contributed by atoms with Gasteiger partial charge in [0.2, 0.25) is 5.91 Å². The second kappa shape index (κ2) is 5.16. The van der Waals surface area contributed by atoms with Gasteiger partial charge < -0.3 is 10.0 Å². The molecule has 1 aromatic rings. The minimum atomic E-state index is -0.958. The van der Waals surface area contributed by atoms with Gasteiger partial charge >= 0.3 is 5.97 Å². The first-order valence-corrected chi connectivity index (χ1v) is 5.99. The maximum absolute atomic E-state index is 12.1. The van der Waals surface area contributed by atoms with Crippen molar-refractivity contribution in [3.63, 3.8) is 0 Å². The average molecular weight is 252 g/mol. The van der Waals surface area contributed by atoms with Crippen molar-refractivity contribution in [2.75, 3.05) is 13.1 Å². The summed E-state index contributed by atoms with van der Waals surface area (Å²) in [4.78, 5) is 24.4. The van der Waals surface area contributed by atoms with Gasteiger partial charge in [0.25, 0.3) is 0 Å². The van der Waals surface area contributed by atoms with Crippen LogP contribution in [0.4, 0.5) is 0 Å². The molecule has 2 rings (SSSR count). The topological polar surface area (TPSA) is 88.3 Å². The van der Waals surface area contributed by atoms with Crippen LogP contribution in [0.2, 0.25) is 0 Å². The molecule has 1 atom stereocenters. The fourth-order valence-corrected chi connectivity index (χ4v) is 2.05. The zero-order valence-corrected chi connectivity index (χ0v) is 10.2. The first-order valence-electron chi connectivity index (χ1n) is 5.99. The molecule has 7 nitrogen and oxygen atoms in total. The summed E-state index contributed by atoms with van der Waals surface area (Å²) in [6.45, 7) is 3.33. The van der Waals surface area contributed by atoms with Gasteiger partial charge in [-0.05, 0) is 19.8 Å². The van der Waals surface area contributed by atoms with Crippen molar-refractivity contribution < 1.29 is 14.7 Å². The van der Waals surface area contributed by atoms with E-state index in [-0.39, 0.29) is 12.3 Å². The quantitative estimate of drug-likeness (QED) is 0.820. The molecule has 7 heteroatoms. The summed E-state index contributed by atoms with van der Waals surface area (Å²) in [6.07, 6.45) is 3.43. The molecule has 0 bridgehead atoms. The first kappa shape index (κ1) is 12.5. The number of nitrogens with zero attached hydrogens (tertiary/aromatic N) is 4. The average Bonchev–Trinajstić information content (AvgIpc) is 2.96. The second-order valence-corrected chi connectivity index (χ2v) is 4.47. The summed E-state index contributed by atoms with van der Waals surface area (Å²) < 4.78 is 1.43. The second-order valence-electron chi connectivity index (χ2n) is 4.47. The normalized spacial score (nSPS) is 16.8. The van der Waals surface area contributed by atoms with E-state index in [0.717, 1.165) is 25.9 Å². The number of carboxylic acids is 1. The molecule has 0 spiro atoms. The van der Waals surface area contributed by atoms with Crippen molar-refractivity contribution in [1.82, 2.24) is 19.9 Å². The van der Waals surface area contributed by atoms with Crippen LogP contribution >= 0.6 is 0 Å². The molecule has 1 aliphatic rings. The Balaban J connectivity index is 2.03. The summed E-state index contributed by atoms with van der Waals surface area (Å²) >= 11 is 0. The van der Waals surface area contributed by atoms with Crippen LogP contribution in [0.3, 0.4) is 0 Å². The highest BCUT2D eigenvalue weighted by atomic mass is 16.4. The van der Waals surface area contributed by atoms with E-state index in [4.69, 9.17) is 5.11 Å². The van der Waals surface area contributed by atoms with Crippen molar-refractivity contribution in [1.29, 1.82) is 0 Å². The lowest BCUT2D eigenvalue weighted by molar-refractivity contribution is -0.136. The van der Waals surface area contributed by atoms with Crippen LogP contribution < -0.4 is 0 Å². The Hall–Kier alpha value is -1.92. The standard InChI is InChI=1S/C11H16N4O3/c1-8(11(18)14-4-2-3-5-14)15-7-9(12-13-15)6-10(16)17/h7-8H,2-6H2,1H3,(H,16,17). The van der Waals surface area contributed by atoms with Crippen LogP contribution in [-0.2, 0) is 16.0 Å². The Kier molecular flexibility index (Phi) is 3.59. The van der Waals surface area contributed by atoms with E-state index in [9.17, 15) is 9.59 Å². The lowest BCUT2D eigenvalue weighted by Gasteiger charge is -2.19. The maximum atomic E-state index is 12.1. The van der Waals surface area contributed by atoms with Crippen LogP contribution in [0, 0.1) is 0 Å². The first-order chi connectivity index (χ1) is 8.58. The van der Waals surface area contributed by atoms with Crippen LogP contribution in [0.15, 0.2) is 6.20 Å². The Labute approximate surface area is 104 Å². The molecule has 1 aromatic heterocycles. The van der Waals surface area contributed by atoms with Gasteiger partial charge in [-0.1, -0.05) is 5.21 Å². The van der Waals surface area contributed by atoms with Crippen molar-refractivity contribution in [3.8, 4) is 0 Å². The summed E-state index contributed by atoms with van der Waals surface area (Å²) in [6, 6.07) is -0.432. The largest absolute Gasteiger partial charge is 0.481 e. The SMILES string of the molecule is CC(C(=O)N1CCCC1)n1cc(CC(=O)O)nn1. The molecule has 1 fully saturated rings. The lowest BCUT2D eigenvalue weighted by atomic mass is 10.3. The van der Waals surface area contributed by atoms with Gasteiger partial charge in [0.05, 0.1) is 12.1 Å². The maximum Gasteiger partial charge on any atom is 0.309 e. The van der Waals surface area contributed by atoms with Crippen molar-refractivity contribution >= 4 is 11.9 Å². The minimum absolute atomic E-state index is 0.0132. The van der Waals surface area contributed by atoms with Crippen molar-refractivity contribution in [2.24, 2.45) is 0 Å². The highest BCUT2D eigenvalue weighted by Crippen LogP contribution is 2.15. The number of aliphatic carboxylic acids is 1. The number of carbonyl (C=O) groups excluding carboxylic acids is 1. The van der Waals surface area contributed by atoms with Crippen LogP contribution in [0.1, 0.15) is 31.5 Å². The number of aromatic nitrogens is 3. The zero-order chi connectivity index (χ0) is 13.1. The van der Waals surface area contributed by atoms with Gasteiger partial charge in [0.1, 0.15) is 6.04 Å². The molecular weight excluding hydrogens is 236 g/mol. The van der Waals surface area contributed by atoms with Gasteiger partial charge in [-0.2, -0.15) is 0 Å². The Bertz CT molecular complexity index is 451. The highest BCUT2D eigenvalue weighted by Gasteiger charge is 2.25. The molecule has 1 amide bonds. The molecule has 1 N–H and O–H groups in total. The van der Waals surface area contributed by atoms with Crippen LogP contribution in [0.25, 0.3) is 0 Å². The van der Waals surface area contributed by atoms with E-state index in [0.29, 0.717) is 5.69 Å². The fraction of sp³-hybridized carbons (Fsp3) is 0.636. The third kappa shape index (κ3) is 2.66. The Morgan fingerprint density at radius 1 is 1.44 bits per heavy atom. The van der Waals surface area contributed by atoms with Gasteiger partial charge in [0.15, 0.2) is 0 Å². The molecular formula is C11H16N4O3. The third-order valence-corrected chi connectivity index (χ3v) is 3.06. The molecule has 0 aromatic carbocycles. The van der Waals surface area contributed by atoms with Gasteiger partial charge in [0, 0.05) is 19.3 Å². The number of carboxylic acid groups (broad SMARTS) is 1. The molecule has 98 valence electrons. The zero-order valence-electron chi connectivity index (χ0n) is 10.2. The monoisotopic (exact) mass is 252 g/mol.